The van der Waals surface area contributed by atoms with Crippen molar-refractivity contribution in [3.8, 4) is 5.75 Å². The Labute approximate surface area is 151 Å². The third kappa shape index (κ3) is 4.80. The molecule has 0 spiro atoms. The van der Waals surface area contributed by atoms with Crippen LogP contribution in [0.15, 0.2) is 30.6 Å². The van der Waals surface area contributed by atoms with Gasteiger partial charge in [-0.3, -0.25) is 4.79 Å². The van der Waals surface area contributed by atoms with Gasteiger partial charge in [-0.15, -0.1) is 0 Å². The Balaban J connectivity index is 1.60. The number of benzene rings is 1. The SMILES string of the molecule is COc1cc(Cl)cc(CC(=O)Nc2cnc(N3CCNCC3)nc2)c1. The molecule has 1 aromatic carbocycles. The predicted molar refractivity (Wildman–Crippen MR) is 97.5 cm³/mol. The number of piperazine rings is 1. The molecule has 2 aromatic rings. The molecule has 1 fully saturated rings. The summed E-state index contributed by atoms with van der Waals surface area (Å²) in [6.45, 7) is 3.60. The average Bonchev–Trinajstić information content (AvgIpc) is 2.62. The molecule has 0 saturated carbocycles. The van der Waals surface area contributed by atoms with Crippen LogP contribution in [-0.2, 0) is 11.2 Å². The monoisotopic (exact) mass is 361 g/mol. The first-order valence-corrected chi connectivity index (χ1v) is 8.43. The number of aromatic nitrogens is 2. The molecular weight excluding hydrogens is 342 g/mol. The first-order valence-electron chi connectivity index (χ1n) is 8.05. The zero-order valence-corrected chi connectivity index (χ0v) is 14.7. The van der Waals surface area contributed by atoms with E-state index in [1.807, 2.05) is 0 Å². The van der Waals surface area contributed by atoms with Gasteiger partial charge in [-0.2, -0.15) is 0 Å². The Hall–Kier alpha value is -2.38. The van der Waals surface area contributed by atoms with E-state index < -0.39 is 0 Å². The molecular formula is C17H20ClN5O2. The molecule has 0 atom stereocenters. The molecule has 1 saturated heterocycles. The molecule has 0 bridgehead atoms. The summed E-state index contributed by atoms with van der Waals surface area (Å²) in [4.78, 5) is 23.0. The van der Waals surface area contributed by atoms with Crippen molar-refractivity contribution in [1.82, 2.24) is 15.3 Å². The number of anilines is 2. The van der Waals surface area contributed by atoms with Gasteiger partial charge in [0.25, 0.3) is 0 Å². The lowest BCUT2D eigenvalue weighted by atomic mass is 10.1. The number of amides is 1. The molecule has 3 rings (SSSR count). The molecule has 1 aliphatic rings. The first-order chi connectivity index (χ1) is 12.1. The van der Waals surface area contributed by atoms with Gasteiger partial charge >= 0.3 is 0 Å². The summed E-state index contributed by atoms with van der Waals surface area (Å²) in [5, 5.41) is 6.62. The lowest BCUT2D eigenvalue weighted by molar-refractivity contribution is -0.115. The minimum Gasteiger partial charge on any atom is -0.497 e. The van der Waals surface area contributed by atoms with Crippen molar-refractivity contribution in [2.75, 3.05) is 43.5 Å². The summed E-state index contributed by atoms with van der Waals surface area (Å²) < 4.78 is 5.16. The maximum absolute atomic E-state index is 12.2. The number of nitrogens with zero attached hydrogens (tertiary/aromatic N) is 3. The van der Waals surface area contributed by atoms with E-state index in [0.29, 0.717) is 22.4 Å². The molecule has 25 heavy (non-hydrogen) atoms. The molecule has 0 aliphatic carbocycles. The standard InChI is InChI=1S/C17H20ClN5O2/c1-25-15-7-12(6-13(18)9-15)8-16(24)22-14-10-20-17(21-11-14)23-4-2-19-3-5-23/h6-7,9-11,19H,2-5,8H2,1H3,(H,22,24). The van der Waals surface area contributed by atoms with Gasteiger partial charge in [0.05, 0.1) is 31.6 Å². The number of hydrogen-bond donors (Lipinski definition) is 2. The van der Waals surface area contributed by atoms with Crippen molar-refractivity contribution in [3.05, 3.63) is 41.2 Å². The third-order valence-corrected chi connectivity index (χ3v) is 4.07. The number of hydrogen-bond acceptors (Lipinski definition) is 6. The van der Waals surface area contributed by atoms with E-state index in [2.05, 4.69) is 25.5 Å². The second kappa shape index (κ2) is 8.13. The Bertz CT molecular complexity index is 732. The lowest BCUT2D eigenvalue weighted by Crippen LogP contribution is -2.44. The van der Waals surface area contributed by atoms with E-state index in [9.17, 15) is 4.79 Å². The van der Waals surface area contributed by atoms with Crippen LogP contribution in [0, 0.1) is 0 Å². The van der Waals surface area contributed by atoms with Gasteiger partial charge in [0.2, 0.25) is 11.9 Å². The van der Waals surface area contributed by atoms with E-state index in [4.69, 9.17) is 16.3 Å². The molecule has 132 valence electrons. The molecule has 0 unspecified atom stereocenters. The van der Waals surface area contributed by atoms with Gasteiger partial charge < -0.3 is 20.3 Å². The van der Waals surface area contributed by atoms with Crippen molar-refractivity contribution in [2.45, 2.75) is 6.42 Å². The molecule has 1 aromatic heterocycles. The van der Waals surface area contributed by atoms with E-state index in [1.165, 1.54) is 0 Å². The number of ether oxygens (including phenoxy) is 1. The summed E-state index contributed by atoms with van der Waals surface area (Å²) in [7, 11) is 1.56. The third-order valence-electron chi connectivity index (χ3n) is 3.85. The number of methoxy groups -OCH3 is 1. The number of nitrogens with one attached hydrogen (secondary N) is 2. The van der Waals surface area contributed by atoms with E-state index in [0.717, 1.165) is 31.7 Å². The normalized spacial score (nSPS) is 14.2. The average molecular weight is 362 g/mol. The molecule has 0 radical (unpaired) electrons. The van der Waals surface area contributed by atoms with Crippen LogP contribution in [0.1, 0.15) is 5.56 Å². The van der Waals surface area contributed by atoms with Gasteiger partial charge in [0.1, 0.15) is 5.75 Å². The number of carbonyl (C=O) groups is 1. The Kier molecular flexibility index (Phi) is 5.67. The second-order valence-electron chi connectivity index (χ2n) is 5.73. The van der Waals surface area contributed by atoms with Crippen LogP contribution in [0.5, 0.6) is 5.75 Å². The van der Waals surface area contributed by atoms with Crippen molar-refractivity contribution in [3.63, 3.8) is 0 Å². The molecule has 8 heteroatoms. The Morgan fingerprint density at radius 3 is 2.68 bits per heavy atom. The van der Waals surface area contributed by atoms with Gasteiger partial charge in [-0.05, 0) is 23.8 Å². The number of halogens is 1. The molecule has 1 amide bonds. The van der Waals surface area contributed by atoms with Crippen LogP contribution in [-0.4, -0.2) is 49.2 Å². The lowest BCUT2D eigenvalue weighted by Gasteiger charge is -2.27. The summed E-state index contributed by atoms with van der Waals surface area (Å²) in [5.74, 6) is 1.14. The van der Waals surface area contributed by atoms with Gasteiger partial charge in [-0.1, -0.05) is 11.6 Å². The zero-order valence-electron chi connectivity index (χ0n) is 14.0. The molecule has 2 N–H and O–H groups in total. The molecule has 2 heterocycles. The van der Waals surface area contributed by atoms with Crippen LogP contribution >= 0.6 is 11.6 Å². The number of carbonyl (C=O) groups excluding carboxylic acids is 1. The van der Waals surface area contributed by atoms with Gasteiger partial charge in [0, 0.05) is 31.2 Å². The summed E-state index contributed by atoms with van der Waals surface area (Å²) in [6, 6.07) is 5.23. The fraction of sp³-hybridized carbons (Fsp3) is 0.353. The van der Waals surface area contributed by atoms with Crippen molar-refractivity contribution in [2.24, 2.45) is 0 Å². The van der Waals surface area contributed by atoms with E-state index >= 15 is 0 Å². The van der Waals surface area contributed by atoms with Crippen LogP contribution in [0.3, 0.4) is 0 Å². The van der Waals surface area contributed by atoms with E-state index in [-0.39, 0.29) is 12.3 Å². The highest BCUT2D eigenvalue weighted by atomic mass is 35.5. The number of rotatable bonds is 5. The van der Waals surface area contributed by atoms with Crippen LogP contribution in [0.25, 0.3) is 0 Å². The summed E-state index contributed by atoms with van der Waals surface area (Å²) in [5.41, 5.74) is 1.35. The summed E-state index contributed by atoms with van der Waals surface area (Å²) >= 11 is 6.02. The van der Waals surface area contributed by atoms with Crippen LogP contribution < -0.4 is 20.3 Å². The summed E-state index contributed by atoms with van der Waals surface area (Å²) in [6.07, 6.45) is 3.44. The minimum absolute atomic E-state index is 0.164. The quantitative estimate of drug-likeness (QED) is 0.844. The topological polar surface area (TPSA) is 79.4 Å². The van der Waals surface area contributed by atoms with Crippen molar-refractivity contribution in [1.29, 1.82) is 0 Å². The smallest absolute Gasteiger partial charge is 0.228 e. The first kappa shape index (κ1) is 17.4. The van der Waals surface area contributed by atoms with Crippen molar-refractivity contribution < 1.29 is 9.53 Å². The highest BCUT2D eigenvalue weighted by Gasteiger charge is 2.13. The van der Waals surface area contributed by atoms with Crippen LogP contribution in [0.4, 0.5) is 11.6 Å². The maximum atomic E-state index is 12.2. The highest BCUT2D eigenvalue weighted by molar-refractivity contribution is 6.30. The Morgan fingerprint density at radius 1 is 1.28 bits per heavy atom. The van der Waals surface area contributed by atoms with Gasteiger partial charge in [-0.25, -0.2) is 9.97 Å². The largest absolute Gasteiger partial charge is 0.497 e. The fourth-order valence-corrected chi connectivity index (χ4v) is 2.89. The predicted octanol–water partition coefficient (Wildman–Crippen LogP) is 1.73. The van der Waals surface area contributed by atoms with Gasteiger partial charge in [0.15, 0.2) is 0 Å². The fourth-order valence-electron chi connectivity index (χ4n) is 2.65. The second-order valence-corrected chi connectivity index (χ2v) is 6.17. The highest BCUT2D eigenvalue weighted by Crippen LogP contribution is 2.21. The van der Waals surface area contributed by atoms with Crippen LogP contribution in [0.2, 0.25) is 5.02 Å². The molecule has 1 aliphatic heterocycles. The maximum Gasteiger partial charge on any atom is 0.228 e. The molecule has 7 nitrogen and oxygen atoms in total. The van der Waals surface area contributed by atoms with Crippen molar-refractivity contribution >= 4 is 29.1 Å². The zero-order chi connectivity index (χ0) is 17.6. The van der Waals surface area contributed by atoms with E-state index in [1.54, 1.807) is 37.7 Å². The minimum atomic E-state index is -0.164. The Morgan fingerprint density at radius 2 is 2.00 bits per heavy atom.